The summed E-state index contributed by atoms with van der Waals surface area (Å²) in [7, 11) is 1.58. The van der Waals surface area contributed by atoms with Crippen LogP contribution in [0, 0.1) is 10.1 Å². The van der Waals surface area contributed by atoms with Gasteiger partial charge in [0, 0.05) is 11.4 Å². The van der Waals surface area contributed by atoms with E-state index in [0.717, 1.165) is 24.9 Å². The molecule has 150 valence electrons. The van der Waals surface area contributed by atoms with Crippen LogP contribution < -0.4 is 15.4 Å². The van der Waals surface area contributed by atoms with E-state index < -0.39 is 4.92 Å². The van der Waals surface area contributed by atoms with Crippen molar-refractivity contribution in [1.82, 2.24) is 9.97 Å². The molecule has 2 N–H and O–H groups in total. The van der Waals surface area contributed by atoms with Gasteiger partial charge in [0.2, 0.25) is 11.6 Å². The Kier molecular flexibility index (Phi) is 6.57. The van der Waals surface area contributed by atoms with Gasteiger partial charge in [-0.2, -0.15) is 0 Å². The van der Waals surface area contributed by atoms with Gasteiger partial charge in [-0.25, -0.2) is 9.97 Å². The average molecular weight is 393 g/mol. The zero-order valence-electron chi connectivity index (χ0n) is 16.4. The van der Waals surface area contributed by atoms with E-state index in [9.17, 15) is 10.1 Å². The molecule has 29 heavy (non-hydrogen) atoms. The molecule has 1 aromatic heterocycles. The maximum absolute atomic E-state index is 11.7. The third kappa shape index (κ3) is 5.19. The molecule has 8 heteroatoms. The lowest BCUT2D eigenvalue weighted by Gasteiger charge is -2.11. The molecule has 0 fully saturated rings. The number of nitro groups is 1. The summed E-state index contributed by atoms with van der Waals surface area (Å²) in [5.41, 5.74) is 2.39. The quantitative estimate of drug-likeness (QED) is 0.379. The predicted molar refractivity (Wildman–Crippen MR) is 113 cm³/mol. The molecule has 1 heterocycles. The van der Waals surface area contributed by atoms with Crippen molar-refractivity contribution in [3.8, 4) is 5.75 Å². The van der Waals surface area contributed by atoms with Crippen molar-refractivity contribution >= 4 is 28.7 Å². The minimum atomic E-state index is -0.496. The standard InChI is InChI=1S/C21H23N5O3/c1-3-4-5-15-6-8-16(9-7-15)24-20-19(26(27)28)21(23-14-22-20)25-17-10-12-18(29-2)13-11-17/h6-14H,3-5H2,1-2H3,(H2,22,23,24,25). The molecule has 3 aromatic rings. The topological polar surface area (TPSA) is 102 Å². The van der Waals surface area contributed by atoms with Crippen molar-refractivity contribution in [2.24, 2.45) is 0 Å². The monoisotopic (exact) mass is 393 g/mol. The Balaban J connectivity index is 1.83. The van der Waals surface area contributed by atoms with Crippen molar-refractivity contribution in [3.63, 3.8) is 0 Å². The lowest BCUT2D eigenvalue weighted by atomic mass is 10.1. The van der Waals surface area contributed by atoms with Crippen LogP contribution in [0.25, 0.3) is 0 Å². The van der Waals surface area contributed by atoms with Gasteiger partial charge < -0.3 is 15.4 Å². The Bertz CT molecular complexity index is 959. The minimum Gasteiger partial charge on any atom is -0.497 e. The van der Waals surface area contributed by atoms with Gasteiger partial charge >= 0.3 is 5.69 Å². The van der Waals surface area contributed by atoms with Gasteiger partial charge in [0.15, 0.2) is 0 Å². The second-order valence-corrected chi connectivity index (χ2v) is 6.46. The van der Waals surface area contributed by atoms with Gasteiger partial charge in [-0.05, 0) is 54.8 Å². The van der Waals surface area contributed by atoms with E-state index in [1.54, 1.807) is 31.4 Å². The summed E-state index contributed by atoms with van der Waals surface area (Å²) in [5, 5.41) is 17.7. The lowest BCUT2D eigenvalue weighted by molar-refractivity contribution is -0.383. The van der Waals surface area contributed by atoms with E-state index in [1.165, 1.54) is 11.9 Å². The number of nitrogens with zero attached hydrogens (tertiary/aromatic N) is 3. The molecule has 0 atom stereocenters. The van der Waals surface area contributed by atoms with Gasteiger partial charge in [-0.1, -0.05) is 25.5 Å². The fourth-order valence-corrected chi connectivity index (χ4v) is 2.82. The van der Waals surface area contributed by atoms with Crippen molar-refractivity contribution in [1.29, 1.82) is 0 Å². The molecule has 0 unspecified atom stereocenters. The average Bonchev–Trinajstić information content (AvgIpc) is 2.74. The second-order valence-electron chi connectivity index (χ2n) is 6.46. The minimum absolute atomic E-state index is 0.109. The zero-order chi connectivity index (χ0) is 20.6. The van der Waals surface area contributed by atoms with E-state index in [0.29, 0.717) is 11.4 Å². The van der Waals surface area contributed by atoms with Crippen LogP contribution in [0.4, 0.5) is 28.7 Å². The highest BCUT2D eigenvalue weighted by Crippen LogP contribution is 2.33. The first-order valence-electron chi connectivity index (χ1n) is 9.37. The van der Waals surface area contributed by atoms with Crippen LogP contribution in [0.15, 0.2) is 54.9 Å². The molecule has 0 amide bonds. The fourth-order valence-electron chi connectivity index (χ4n) is 2.82. The molecule has 0 saturated carbocycles. The van der Waals surface area contributed by atoms with Gasteiger partial charge in [-0.3, -0.25) is 10.1 Å². The Hall–Kier alpha value is -3.68. The molecule has 0 aliphatic heterocycles. The van der Waals surface area contributed by atoms with E-state index in [-0.39, 0.29) is 17.3 Å². The molecule has 3 rings (SSSR count). The largest absolute Gasteiger partial charge is 0.497 e. The first-order chi connectivity index (χ1) is 14.1. The number of hydrogen-bond acceptors (Lipinski definition) is 7. The molecule has 0 aliphatic rings. The summed E-state index contributed by atoms with van der Waals surface area (Å²) in [5.74, 6) is 0.928. The number of unbranched alkanes of at least 4 members (excludes halogenated alkanes) is 1. The van der Waals surface area contributed by atoms with Crippen LogP contribution in [-0.4, -0.2) is 22.0 Å². The van der Waals surface area contributed by atoms with Crippen LogP contribution in [0.3, 0.4) is 0 Å². The van der Waals surface area contributed by atoms with Crippen LogP contribution >= 0.6 is 0 Å². The number of aromatic nitrogens is 2. The maximum Gasteiger partial charge on any atom is 0.353 e. The Morgan fingerprint density at radius 2 is 1.52 bits per heavy atom. The van der Waals surface area contributed by atoms with Crippen LogP contribution in [0.5, 0.6) is 5.75 Å². The number of ether oxygens (including phenoxy) is 1. The van der Waals surface area contributed by atoms with Crippen molar-refractivity contribution in [2.45, 2.75) is 26.2 Å². The van der Waals surface area contributed by atoms with Crippen LogP contribution in [-0.2, 0) is 6.42 Å². The normalized spacial score (nSPS) is 10.4. The number of aryl methyl sites for hydroxylation is 1. The van der Waals surface area contributed by atoms with Crippen LogP contribution in [0.2, 0.25) is 0 Å². The highest BCUT2D eigenvalue weighted by atomic mass is 16.6. The molecule has 8 nitrogen and oxygen atoms in total. The number of nitrogens with one attached hydrogen (secondary N) is 2. The molecule has 2 aromatic carbocycles. The Labute approximate surface area is 169 Å². The van der Waals surface area contributed by atoms with Crippen LogP contribution in [0.1, 0.15) is 25.3 Å². The molecule has 0 radical (unpaired) electrons. The third-order valence-electron chi connectivity index (χ3n) is 4.39. The summed E-state index contributed by atoms with van der Waals surface area (Å²) >= 11 is 0. The third-order valence-corrected chi connectivity index (χ3v) is 4.39. The predicted octanol–water partition coefficient (Wildman–Crippen LogP) is 5.22. The number of rotatable bonds is 9. The molecular weight excluding hydrogens is 370 g/mol. The summed E-state index contributed by atoms with van der Waals surface area (Å²) in [6, 6.07) is 14.9. The smallest absolute Gasteiger partial charge is 0.353 e. The van der Waals surface area contributed by atoms with Crippen molar-refractivity contribution in [3.05, 3.63) is 70.5 Å². The van der Waals surface area contributed by atoms with Gasteiger partial charge in [0.25, 0.3) is 0 Å². The highest BCUT2D eigenvalue weighted by molar-refractivity contribution is 5.76. The van der Waals surface area contributed by atoms with E-state index >= 15 is 0 Å². The number of methoxy groups -OCH3 is 1. The maximum atomic E-state index is 11.7. The molecular formula is C21H23N5O3. The lowest BCUT2D eigenvalue weighted by Crippen LogP contribution is -2.05. The number of hydrogen-bond donors (Lipinski definition) is 2. The summed E-state index contributed by atoms with van der Waals surface area (Å²) in [6.07, 6.45) is 4.57. The van der Waals surface area contributed by atoms with Crippen molar-refractivity contribution in [2.75, 3.05) is 17.7 Å². The van der Waals surface area contributed by atoms with E-state index in [4.69, 9.17) is 4.74 Å². The first-order valence-corrected chi connectivity index (χ1v) is 9.37. The summed E-state index contributed by atoms with van der Waals surface area (Å²) in [4.78, 5) is 19.4. The van der Waals surface area contributed by atoms with Crippen molar-refractivity contribution < 1.29 is 9.66 Å². The first kappa shape index (κ1) is 20.1. The SMILES string of the molecule is CCCCc1ccc(Nc2ncnc(Nc3ccc(OC)cc3)c2[N+](=O)[O-])cc1. The highest BCUT2D eigenvalue weighted by Gasteiger charge is 2.23. The molecule has 0 aliphatic carbocycles. The summed E-state index contributed by atoms with van der Waals surface area (Å²) < 4.78 is 5.13. The Morgan fingerprint density at radius 3 is 2.00 bits per heavy atom. The summed E-state index contributed by atoms with van der Waals surface area (Å²) in [6.45, 7) is 2.15. The number of anilines is 4. The second kappa shape index (κ2) is 9.50. The molecule has 0 saturated heterocycles. The zero-order valence-corrected chi connectivity index (χ0v) is 16.4. The fraction of sp³-hybridized carbons (Fsp3) is 0.238. The van der Waals surface area contributed by atoms with Gasteiger partial charge in [-0.15, -0.1) is 0 Å². The Morgan fingerprint density at radius 1 is 0.966 bits per heavy atom. The van der Waals surface area contributed by atoms with Gasteiger partial charge in [0.1, 0.15) is 12.1 Å². The van der Waals surface area contributed by atoms with E-state index in [1.807, 2.05) is 24.3 Å². The molecule has 0 bridgehead atoms. The van der Waals surface area contributed by atoms with Gasteiger partial charge in [0.05, 0.1) is 12.0 Å². The number of benzene rings is 2. The molecule has 0 spiro atoms. The van der Waals surface area contributed by atoms with E-state index in [2.05, 4.69) is 27.5 Å².